The molecule has 232 valence electrons. The van der Waals surface area contributed by atoms with Crippen molar-refractivity contribution < 1.29 is 33.3 Å². The summed E-state index contributed by atoms with van der Waals surface area (Å²) in [7, 11) is 3.14. The number of esters is 2. The van der Waals surface area contributed by atoms with Crippen molar-refractivity contribution in [3.8, 4) is 11.5 Å². The molecule has 10 nitrogen and oxygen atoms in total. The van der Waals surface area contributed by atoms with Crippen LogP contribution in [0.3, 0.4) is 0 Å². The number of allylic oxidation sites excluding steroid dienone is 1. The first kappa shape index (κ1) is 31.2. The summed E-state index contributed by atoms with van der Waals surface area (Å²) in [6, 6.07) is 14.2. The van der Waals surface area contributed by atoms with Gasteiger partial charge in [0.05, 0.1) is 50.5 Å². The Morgan fingerprint density at radius 2 is 1.84 bits per heavy atom. The number of nitrogens with zero attached hydrogens (tertiary/aromatic N) is 3. The lowest BCUT2D eigenvalue weighted by atomic mass is 9.92. The van der Waals surface area contributed by atoms with Gasteiger partial charge in [-0.15, -0.1) is 0 Å². The Hall–Kier alpha value is -4.25. The first-order valence-electron chi connectivity index (χ1n) is 14.7. The number of likely N-dealkylation sites (tertiary alicyclic amines) is 1. The van der Waals surface area contributed by atoms with Crippen LogP contribution in [0.25, 0.3) is 0 Å². The van der Waals surface area contributed by atoms with Crippen molar-refractivity contribution in [1.82, 2.24) is 9.80 Å². The van der Waals surface area contributed by atoms with E-state index in [4.69, 9.17) is 23.9 Å². The molecule has 0 bridgehead atoms. The molecule has 0 unspecified atom stereocenters. The summed E-state index contributed by atoms with van der Waals surface area (Å²) in [5, 5.41) is 2.55. The zero-order chi connectivity index (χ0) is 31.2. The molecule has 0 radical (unpaired) electrons. The van der Waals surface area contributed by atoms with E-state index in [0.717, 1.165) is 12.0 Å². The molecule has 3 aliphatic heterocycles. The van der Waals surface area contributed by atoms with Crippen LogP contribution in [-0.4, -0.2) is 66.7 Å². The molecule has 2 atom stereocenters. The van der Waals surface area contributed by atoms with Gasteiger partial charge in [-0.1, -0.05) is 42.1 Å². The molecule has 2 aromatic carbocycles. The fourth-order valence-electron chi connectivity index (χ4n) is 5.69. The van der Waals surface area contributed by atoms with Crippen molar-refractivity contribution in [2.45, 2.75) is 45.8 Å². The zero-order valence-corrected chi connectivity index (χ0v) is 26.2. The first-order chi connectivity index (χ1) is 21.3. The molecular weight excluding hydrogens is 582 g/mol. The number of hydrogen-bond donors (Lipinski definition) is 0. The second kappa shape index (κ2) is 14.0. The molecular formula is C33H37N3O7S. The molecule has 44 heavy (non-hydrogen) atoms. The fourth-order valence-corrected chi connectivity index (χ4v) is 6.66. The van der Waals surface area contributed by atoms with E-state index >= 15 is 0 Å². The predicted octanol–water partition coefficient (Wildman–Crippen LogP) is 5.21. The van der Waals surface area contributed by atoms with E-state index < -0.39 is 12.0 Å². The van der Waals surface area contributed by atoms with E-state index in [1.54, 1.807) is 39.0 Å². The van der Waals surface area contributed by atoms with Gasteiger partial charge >= 0.3 is 11.9 Å². The number of piperidine rings is 1. The monoisotopic (exact) mass is 619 g/mol. The maximum absolute atomic E-state index is 13.8. The SMILES string of the molecule is CCOC(=O)[C@@H]1CCCN(C(=O)CC2=CSC3=NC(C)=C(C(=O)OCc4ccccc4)[C@@H](c4ccc(OC)cc4OC)N23)C1. The minimum Gasteiger partial charge on any atom is -0.497 e. The number of hydrogen-bond acceptors (Lipinski definition) is 10. The Morgan fingerprint density at radius 3 is 2.57 bits per heavy atom. The van der Waals surface area contributed by atoms with Gasteiger partial charge in [0.2, 0.25) is 5.91 Å². The molecule has 2 aromatic rings. The minimum atomic E-state index is -0.672. The Kier molecular flexibility index (Phi) is 9.94. The van der Waals surface area contributed by atoms with E-state index in [0.29, 0.717) is 65.3 Å². The van der Waals surface area contributed by atoms with Gasteiger partial charge in [0.25, 0.3) is 0 Å². The largest absolute Gasteiger partial charge is 0.497 e. The van der Waals surface area contributed by atoms with Crippen molar-refractivity contribution in [2.75, 3.05) is 33.9 Å². The van der Waals surface area contributed by atoms with Gasteiger partial charge in [-0.25, -0.2) is 9.79 Å². The topological polar surface area (TPSA) is 107 Å². The van der Waals surface area contributed by atoms with Gasteiger partial charge in [0.1, 0.15) is 18.1 Å². The van der Waals surface area contributed by atoms with E-state index in [1.807, 2.05) is 52.8 Å². The van der Waals surface area contributed by atoms with Crippen molar-refractivity contribution in [3.63, 3.8) is 0 Å². The summed E-state index contributed by atoms with van der Waals surface area (Å²) >= 11 is 1.40. The highest BCUT2D eigenvalue weighted by molar-refractivity contribution is 8.16. The second-order valence-electron chi connectivity index (χ2n) is 10.7. The number of carbonyl (C=O) groups is 3. The van der Waals surface area contributed by atoms with Crippen LogP contribution >= 0.6 is 11.8 Å². The summed E-state index contributed by atoms with van der Waals surface area (Å²) in [5.41, 5.74) is 3.14. The molecule has 0 aliphatic carbocycles. The summed E-state index contributed by atoms with van der Waals surface area (Å²) in [6.45, 7) is 4.88. The molecule has 3 heterocycles. The van der Waals surface area contributed by atoms with Crippen LogP contribution in [0.2, 0.25) is 0 Å². The molecule has 0 saturated carbocycles. The highest BCUT2D eigenvalue weighted by Gasteiger charge is 2.43. The number of aliphatic imine (C=N–C) groups is 1. The van der Waals surface area contributed by atoms with Crippen LogP contribution in [0.5, 0.6) is 11.5 Å². The molecule has 1 amide bonds. The fraction of sp³-hybridized carbons (Fsp3) is 0.394. The quantitative estimate of drug-likeness (QED) is 0.331. The van der Waals surface area contributed by atoms with Crippen molar-refractivity contribution in [1.29, 1.82) is 0 Å². The molecule has 11 heteroatoms. The van der Waals surface area contributed by atoms with Gasteiger partial charge in [-0.2, -0.15) is 0 Å². The minimum absolute atomic E-state index is 0.0714. The molecule has 1 saturated heterocycles. The highest BCUT2D eigenvalue weighted by Crippen LogP contribution is 2.47. The average molecular weight is 620 g/mol. The predicted molar refractivity (Wildman–Crippen MR) is 167 cm³/mol. The van der Waals surface area contributed by atoms with Crippen LogP contribution in [0.15, 0.2) is 75.9 Å². The third-order valence-corrected chi connectivity index (χ3v) is 8.78. The first-order valence-corrected chi connectivity index (χ1v) is 15.5. The lowest BCUT2D eigenvalue weighted by Crippen LogP contribution is -2.44. The standard InChI is InChI=1S/C33H37N3O7S/c1-5-42-31(38)23-12-9-15-35(18-23)28(37)16-24-20-44-33-34-21(2)29(32(39)43-19-22-10-7-6-8-11-22)30(36(24)33)26-14-13-25(40-3)17-27(26)41-4/h6-8,10-11,13-14,17,20,23,30H,5,9,12,15-16,18-19H2,1-4H3/t23-,30-/m1/s1. The number of fused-ring (bicyclic) bond motifs is 1. The normalized spacial score (nSPS) is 19.5. The zero-order valence-electron chi connectivity index (χ0n) is 25.4. The lowest BCUT2D eigenvalue weighted by Gasteiger charge is -2.37. The number of rotatable bonds is 10. The number of thioether (sulfide) groups is 1. The third kappa shape index (κ3) is 6.62. The smallest absolute Gasteiger partial charge is 0.338 e. The molecule has 0 spiro atoms. The number of benzene rings is 2. The third-order valence-electron chi connectivity index (χ3n) is 7.89. The Bertz CT molecular complexity index is 1500. The number of amides is 1. The van der Waals surface area contributed by atoms with Crippen molar-refractivity contribution in [2.24, 2.45) is 10.9 Å². The van der Waals surface area contributed by atoms with E-state index in [2.05, 4.69) is 0 Å². The summed E-state index contributed by atoms with van der Waals surface area (Å²) in [5.74, 6) is -0.0867. The van der Waals surface area contributed by atoms with Gasteiger partial charge in [0.15, 0.2) is 5.17 Å². The Morgan fingerprint density at radius 1 is 1.05 bits per heavy atom. The second-order valence-corrected chi connectivity index (χ2v) is 11.5. The van der Waals surface area contributed by atoms with Crippen molar-refractivity contribution in [3.05, 3.63) is 82.0 Å². The van der Waals surface area contributed by atoms with E-state index in [9.17, 15) is 14.4 Å². The Labute approximate surface area is 261 Å². The molecule has 0 N–H and O–H groups in total. The van der Waals surface area contributed by atoms with Crippen LogP contribution < -0.4 is 9.47 Å². The van der Waals surface area contributed by atoms with E-state index in [-0.39, 0.29) is 30.8 Å². The lowest BCUT2D eigenvalue weighted by molar-refractivity contribution is -0.151. The van der Waals surface area contributed by atoms with Gasteiger partial charge in [-0.3, -0.25) is 9.59 Å². The number of ether oxygens (including phenoxy) is 4. The summed E-state index contributed by atoms with van der Waals surface area (Å²) in [6.07, 6.45) is 1.49. The van der Waals surface area contributed by atoms with Gasteiger partial charge < -0.3 is 28.7 Å². The van der Waals surface area contributed by atoms with Crippen molar-refractivity contribution >= 4 is 34.8 Å². The molecule has 1 fully saturated rings. The highest BCUT2D eigenvalue weighted by atomic mass is 32.2. The van der Waals surface area contributed by atoms with Gasteiger partial charge in [-0.05, 0) is 49.8 Å². The van der Waals surface area contributed by atoms with Crippen LogP contribution in [0.1, 0.15) is 50.3 Å². The molecule has 0 aromatic heterocycles. The Balaban J connectivity index is 1.45. The van der Waals surface area contributed by atoms with Crippen LogP contribution in [0, 0.1) is 5.92 Å². The van der Waals surface area contributed by atoms with Gasteiger partial charge in [0, 0.05) is 30.4 Å². The number of amidine groups is 1. The maximum atomic E-state index is 13.8. The molecule has 3 aliphatic rings. The number of methoxy groups -OCH3 is 2. The molecule has 5 rings (SSSR count). The summed E-state index contributed by atoms with van der Waals surface area (Å²) < 4.78 is 22.3. The van der Waals surface area contributed by atoms with Crippen LogP contribution in [-0.2, 0) is 30.5 Å². The average Bonchev–Trinajstić information content (AvgIpc) is 3.44. The summed E-state index contributed by atoms with van der Waals surface area (Å²) in [4.78, 5) is 48.3. The maximum Gasteiger partial charge on any atom is 0.338 e. The number of carbonyl (C=O) groups excluding carboxylic acids is 3. The van der Waals surface area contributed by atoms with E-state index in [1.165, 1.54) is 11.8 Å². The van der Waals surface area contributed by atoms with Crippen LogP contribution in [0.4, 0.5) is 0 Å².